The standard InChI is InChI=1S/C11H17N3/c1-3-6-10(14-12)11-9(4-2)7-5-8-13-11/h3,5,7-8,10,14H,1,4,6,12H2,2H3. The van der Waals surface area contributed by atoms with Crippen LogP contribution < -0.4 is 11.3 Å². The number of nitrogens with one attached hydrogen (secondary N) is 1. The highest BCUT2D eigenvalue weighted by Crippen LogP contribution is 2.18. The summed E-state index contributed by atoms with van der Waals surface area (Å²) in [6, 6.07) is 4.10. The van der Waals surface area contributed by atoms with Crippen molar-refractivity contribution in [1.29, 1.82) is 0 Å². The van der Waals surface area contributed by atoms with Gasteiger partial charge in [0, 0.05) is 6.20 Å². The Bertz CT molecular complexity index is 296. The molecule has 0 bridgehead atoms. The van der Waals surface area contributed by atoms with Crippen molar-refractivity contribution in [2.24, 2.45) is 5.84 Å². The quantitative estimate of drug-likeness (QED) is 0.423. The Labute approximate surface area is 85.0 Å². The van der Waals surface area contributed by atoms with Gasteiger partial charge in [0.15, 0.2) is 0 Å². The van der Waals surface area contributed by atoms with Gasteiger partial charge in [0.1, 0.15) is 0 Å². The lowest BCUT2D eigenvalue weighted by molar-refractivity contribution is 0.542. The van der Waals surface area contributed by atoms with Crippen LogP contribution in [0.15, 0.2) is 31.0 Å². The van der Waals surface area contributed by atoms with Gasteiger partial charge in [-0.05, 0) is 24.5 Å². The van der Waals surface area contributed by atoms with Gasteiger partial charge in [-0.2, -0.15) is 0 Å². The van der Waals surface area contributed by atoms with Crippen LogP contribution in [0, 0.1) is 0 Å². The Morgan fingerprint density at radius 3 is 3.07 bits per heavy atom. The molecule has 76 valence electrons. The molecule has 0 aliphatic carbocycles. The van der Waals surface area contributed by atoms with Crippen molar-refractivity contribution < 1.29 is 0 Å². The molecule has 3 N–H and O–H groups in total. The summed E-state index contributed by atoms with van der Waals surface area (Å²) >= 11 is 0. The predicted octanol–water partition coefficient (Wildman–Crippen LogP) is 1.72. The van der Waals surface area contributed by atoms with Crippen molar-refractivity contribution in [2.45, 2.75) is 25.8 Å². The van der Waals surface area contributed by atoms with Crippen LogP contribution in [0.2, 0.25) is 0 Å². The third-order valence-corrected chi connectivity index (χ3v) is 2.24. The number of aromatic nitrogens is 1. The first-order valence-electron chi connectivity index (χ1n) is 4.84. The summed E-state index contributed by atoms with van der Waals surface area (Å²) in [6.07, 6.45) is 5.40. The van der Waals surface area contributed by atoms with Crippen molar-refractivity contribution in [2.75, 3.05) is 0 Å². The van der Waals surface area contributed by atoms with E-state index in [2.05, 4.69) is 30.0 Å². The van der Waals surface area contributed by atoms with Crippen LogP contribution >= 0.6 is 0 Å². The predicted molar refractivity (Wildman–Crippen MR) is 58.5 cm³/mol. The fourth-order valence-electron chi connectivity index (χ4n) is 1.49. The zero-order chi connectivity index (χ0) is 10.4. The fraction of sp³-hybridized carbons (Fsp3) is 0.364. The van der Waals surface area contributed by atoms with E-state index in [1.54, 1.807) is 6.20 Å². The Hall–Kier alpha value is -1.19. The third-order valence-electron chi connectivity index (χ3n) is 2.24. The molecule has 1 atom stereocenters. The van der Waals surface area contributed by atoms with Gasteiger partial charge < -0.3 is 0 Å². The lowest BCUT2D eigenvalue weighted by atomic mass is 10.0. The zero-order valence-corrected chi connectivity index (χ0v) is 8.53. The molecular weight excluding hydrogens is 174 g/mol. The molecule has 1 aromatic heterocycles. The highest BCUT2D eigenvalue weighted by molar-refractivity contribution is 5.23. The van der Waals surface area contributed by atoms with Crippen LogP contribution in [0.5, 0.6) is 0 Å². The summed E-state index contributed by atoms with van der Waals surface area (Å²) < 4.78 is 0. The van der Waals surface area contributed by atoms with Gasteiger partial charge in [0.25, 0.3) is 0 Å². The van der Waals surface area contributed by atoms with E-state index in [1.807, 2.05) is 12.1 Å². The number of hydrogen-bond donors (Lipinski definition) is 2. The molecule has 0 amide bonds. The fourth-order valence-corrected chi connectivity index (χ4v) is 1.49. The number of aryl methyl sites for hydroxylation is 1. The minimum absolute atomic E-state index is 0.0728. The minimum Gasteiger partial charge on any atom is -0.271 e. The Kier molecular flexibility index (Phi) is 4.29. The molecule has 0 saturated carbocycles. The van der Waals surface area contributed by atoms with Gasteiger partial charge in [-0.1, -0.05) is 19.1 Å². The molecular formula is C11H17N3. The summed E-state index contributed by atoms with van der Waals surface area (Å²) in [5.74, 6) is 5.48. The summed E-state index contributed by atoms with van der Waals surface area (Å²) in [6.45, 7) is 5.82. The SMILES string of the molecule is C=CCC(NN)c1ncccc1CC. The van der Waals surface area contributed by atoms with E-state index in [1.165, 1.54) is 5.56 Å². The maximum absolute atomic E-state index is 5.48. The smallest absolute Gasteiger partial charge is 0.0669 e. The number of hydrazine groups is 1. The summed E-state index contributed by atoms with van der Waals surface area (Å²) in [4.78, 5) is 4.35. The molecule has 0 aliphatic heterocycles. The van der Waals surface area contributed by atoms with E-state index in [0.29, 0.717) is 0 Å². The summed E-state index contributed by atoms with van der Waals surface area (Å²) in [7, 11) is 0. The molecule has 3 heteroatoms. The van der Waals surface area contributed by atoms with Gasteiger partial charge in [-0.15, -0.1) is 6.58 Å². The number of hydrogen-bond acceptors (Lipinski definition) is 3. The van der Waals surface area contributed by atoms with Crippen molar-refractivity contribution in [3.63, 3.8) is 0 Å². The van der Waals surface area contributed by atoms with Crippen molar-refractivity contribution in [3.8, 4) is 0 Å². The van der Waals surface area contributed by atoms with E-state index in [0.717, 1.165) is 18.5 Å². The molecule has 3 nitrogen and oxygen atoms in total. The molecule has 1 aromatic rings. The van der Waals surface area contributed by atoms with Gasteiger partial charge in [0.05, 0.1) is 11.7 Å². The number of rotatable bonds is 5. The van der Waals surface area contributed by atoms with Crippen molar-refractivity contribution in [3.05, 3.63) is 42.2 Å². The highest BCUT2D eigenvalue weighted by Gasteiger charge is 2.12. The highest BCUT2D eigenvalue weighted by atomic mass is 15.2. The molecule has 0 saturated heterocycles. The van der Waals surface area contributed by atoms with E-state index in [9.17, 15) is 0 Å². The molecule has 0 aliphatic rings. The lowest BCUT2D eigenvalue weighted by Crippen LogP contribution is -2.29. The van der Waals surface area contributed by atoms with Crippen LogP contribution in [0.4, 0.5) is 0 Å². The molecule has 1 unspecified atom stereocenters. The average molecular weight is 191 g/mol. The Morgan fingerprint density at radius 2 is 2.50 bits per heavy atom. The van der Waals surface area contributed by atoms with E-state index < -0.39 is 0 Å². The number of nitrogens with zero attached hydrogens (tertiary/aromatic N) is 1. The maximum atomic E-state index is 5.48. The number of pyridine rings is 1. The normalized spacial score (nSPS) is 12.4. The van der Waals surface area contributed by atoms with Gasteiger partial charge >= 0.3 is 0 Å². The summed E-state index contributed by atoms with van der Waals surface area (Å²) in [5.41, 5.74) is 5.02. The van der Waals surface area contributed by atoms with Gasteiger partial charge in [-0.3, -0.25) is 16.3 Å². The Balaban J connectivity index is 2.95. The largest absolute Gasteiger partial charge is 0.271 e. The topological polar surface area (TPSA) is 50.9 Å². The van der Waals surface area contributed by atoms with E-state index in [-0.39, 0.29) is 6.04 Å². The second-order valence-electron chi connectivity index (χ2n) is 3.14. The molecule has 1 rings (SSSR count). The van der Waals surface area contributed by atoms with Crippen LogP contribution in [-0.4, -0.2) is 4.98 Å². The minimum atomic E-state index is 0.0728. The van der Waals surface area contributed by atoms with Crippen LogP contribution in [0.1, 0.15) is 30.6 Å². The molecule has 1 heterocycles. The molecule has 0 spiro atoms. The Morgan fingerprint density at radius 1 is 1.71 bits per heavy atom. The van der Waals surface area contributed by atoms with Gasteiger partial charge in [0.2, 0.25) is 0 Å². The van der Waals surface area contributed by atoms with E-state index >= 15 is 0 Å². The van der Waals surface area contributed by atoms with E-state index in [4.69, 9.17) is 5.84 Å². The van der Waals surface area contributed by atoms with Crippen LogP contribution in [-0.2, 0) is 6.42 Å². The monoisotopic (exact) mass is 191 g/mol. The van der Waals surface area contributed by atoms with Gasteiger partial charge in [-0.25, -0.2) is 0 Å². The molecule has 0 fully saturated rings. The van der Waals surface area contributed by atoms with Crippen molar-refractivity contribution in [1.82, 2.24) is 10.4 Å². The van der Waals surface area contributed by atoms with Crippen molar-refractivity contribution >= 4 is 0 Å². The second kappa shape index (κ2) is 5.52. The first-order valence-corrected chi connectivity index (χ1v) is 4.84. The maximum Gasteiger partial charge on any atom is 0.0669 e. The molecule has 0 aromatic carbocycles. The number of nitrogens with two attached hydrogens (primary N) is 1. The lowest BCUT2D eigenvalue weighted by Gasteiger charge is -2.16. The first kappa shape index (κ1) is 10.9. The van der Waals surface area contributed by atoms with Crippen LogP contribution in [0.25, 0.3) is 0 Å². The molecule has 0 radical (unpaired) electrons. The molecule has 14 heavy (non-hydrogen) atoms. The first-order chi connectivity index (χ1) is 6.83. The average Bonchev–Trinajstić information content (AvgIpc) is 2.26. The summed E-state index contributed by atoms with van der Waals surface area (Å²) in [5, 5.41) is 0. The van der Waals surface area contributed by atoms with Crippen LogP contribution in [0.3, 0.4) is 0 Å². The third kappa shape index (κ3) is 2.40. The second-order valence-corrected chi connectivity index (χ2v) is 3.14. The zero-order valence-electron chi connectivity index (χ0n) is 8.53.